The summed E-state index contributed by atoms with van der Waals surface area (Å²) in [5, 5.41) is 3.27. The van der Waals surface area contributed by atoms with Crippen molar-refractivity contribution in [2.45, 2.75) is 32.7 Å². The van der Waals surface area contributed by atoms with Gasteiger partial charge in [-0.05, 0) is 42.8 Å². The van der Waals surface area contributed by atoms with E-state index in [0.717, 1.165) is 31.2 Å². The second-order valence-electron chi connectivity index (χ2n) is 4.75. The van der Waals surface area contributed by atoms with Crippen molar-refractivity contribution in [3.05, 3.63) is 59.1 Å². The standard InChI is InChI=1S/C16H19F2NO/c1-3-7-19-16(15-6-5-14(4-2)20-15)11-8-12(17)10-13(18)9-11/h5-6,8-10,16,19H,3-4,7H2,1-2H3. The van der Waals surface area contributed by atoms with Crippen molar-refractivity contribution in [2.75, 3.05) is 6.54 Å². The zero-order valence-corrected chi connectivity index (χ0v) is 11.7. The normalized spacial score (nSPS) is 12.6. The molecule has 1 aromatic heterocycles. The van der Waals surface area contributed by atoms with Gasteiger partial charge in [-0.3, -0.25) is 0 Å². The van der Waals surface area contributed by atoms with Gasteiger partial charge in [0.2, 0.25) is 0 Å². The molecule has 1 atom stereocenters. The molecule has 0 aliphatic heterocycles. The minimum atomic E-state index is -0.578. The van der Waals surface area contributed by atoms with Crippen molar-refractivity contribution in [1.29, 1.82) is 0 Å². The topological polar surface area (TPSA) is 25.2 Å². The highest BCUT2D eigenvalue weighted by atomic mass is 19.1. The number of halogens is 2. The predicted molar refractivity (Wildman–Crippen MR) is 74.6 cm³/mol. The molecular weight excluding hydrogens is 260 g/mol. The monoisotopic (exact) mass is 279 g/mol. The molecule has 1 heterocycles. The molecule has 0 bridgehead atoms. The molecule has 1 aromatic carbocycles. The average Bonchev–Trinajstić information content (AvgIpc) is 2.87. The van der Waals surface area contributed by atoms with Gasteiger partial charge in [-0.15, -0.1) is 0 Å². The molecule has 0 aliphatic carbocycles. The minimum absolute atomic E-state index is 0.333. The molecule has 1 unspecified atom stereocenters. The van der Waals surface area contributed by atoms with Gasteiger partial charge in [0, 0.05) is 12.5 Å². The van der Waals surface area contributed by atoms with Gasteiger partial charge in [0.15, 0.2) is 0 Å². The second-order valence-corrected chi connectivity index (χ2v) is 4.75. The first-order valence-corrected chi connectivity index (χ1v) is 6.92. The fraction of sp³-hybridized carbons (Fsp3) is 0.375. The summed E-state index contributed by atoms with van der Waals surface area (Å²) in [6, 6.07) is 6.97. The van der Waals surface area contributed by atoms with E-state index in [1.165, 1.54) is 12.1 Å². The van der Waals surface area contributed by atoms with E-state index in [1.807, 2.05) is 26.0 Å². The Balaban J connectivity index is 2.35. The van der Waals surface area contributed by atoms with Crippen LogP contribution in [0.5, 0.6) is 0 Å². The first-order chi connectivity index (χ1) is 9.63. The summed E-state index contributed by atoms with van der Waals surface area (Å²) < 4.78 is 32.5. The maximum Gasteiger partial charge on any atom is 0.126 e. The van der Waals surface area contributed by atoms with Gasteiger partial charge in [0.1, 0.15) is 23.2 Å². The second kappa shape index (κ2) is 6.66. The molecule has 4 heteroatoms. The van der Waals surface area contributed by atoms with Crippen molar-refractivity contribution in [2.24, 2.45) is 0 Å². The summed E-state index contributed by atoms with van der Waals surface area (Å²) in [5.74, 6) is 0.386. The van der Waals surface area contributed by atoms with Crippen LogP contribution in [0.15, 0.2) is 34.7 Å². The van der Waals surface area contributed by atoms with Gasteiger partial charge in [-0.25, -0.2) is 8.78 Å². The molecule has 2 nitrogen and oxygen atoms in total. The lowest BCUT2D eigenvalue weighted by atomic mass is 10.0. The van der Waals surface area contributed by atoms with E-state index in [-0.39, 0.29) is 6.04 Å². The third-order valence-electron chi connectivity index (χ3n) is 3.13. The van der Waals surface area contributed by atoms with E-state index in [1.54, 1.807) is 0 Å². The van der Waals surface area contributed by atoms with Crippen LogP contribution >= 0.6 is 0 Å². The maximum absolute atomic E-state index is 13.4. The zero-order valence-electron chi connectivity index (χ0n) is 11.7. The number of rotatable bonds is 6. The maximum atomic E-state index is 13.4. The fourth-order valence-corrected chi connectivity index (χ4v) is 2.15. The van der Waals surface area contributed by atoms with Crippen LogP contribution in [0.3, 0.4) is 0 Å². The number of aryl methyl sites for hydroxylation is 1. The van der Waals surface area contributed by atoms with Crippen molar-refractivity contribution in [3.63, 3.8) is 0 Å². The molecule has 108 valence electrons. The lowest BCUT2D eigenvalue weighted by molar-refractivity contribution is 0.420. The van der Waals surface area contributed by atoms with Gasteiger partial charge in [0.25, 0.3) is 0 Å². The summed E-state index contributed by atoms with van der Waals surface area (Å²) in [4.78, 5) is 0. The first-order valence-electron chi connectivity index (χ1n) is 6.92. The molecule has 0 fully saturated rings. The van der Waals surface area contributed by atoms with E-state index >= 15 is 0 Å². The Labute approximate surface area is 117 Å². The molecule has 0 saturated heterocycles. The van der Waals surface area contributed by atoms with Crippen LogP contribution < -0.4 is 5.32 Å². The summed E-state index contributed by atoms with van der Waals surface area (Å²) in [6.45, 7) is 4.78. The van der Waals surface area contributed by atoms with Crippen LogP contribution in [-0.2, 0) is 6.42 Å². The third-order valence-corrected chi connectivity index (χ3v) is 3.13. The van der Waals surface area contributed by atoms with Crippen LogP contribution in [-0.4, -0.2) is 6.54 Å². The molecule has 1 N–H and O–H groups in total. The predicted octanol–water partition coefficient (Wildman–Crippen LogP) is 4.21. The van der Waals surface area contributed by atoms with Crippen LogP contribution in [0, 0.1) is 11.6 Å². The molecular formula is C16H19F2NO. The Morgan fingerprint density at radius 2 is 1.80 bits per heavy atom. The van der Waals surface area contributed by atoms with Gasteiger partial charge >= 0.3 is 0 Å². The Hall–Kier alpha value is -1.68. The molecule has 2 aromatic rings. The molecule has 0 spiro atoms. The molecule has 0 aliphatic rings. The Morgan fingerprint density at radius 3 is 2.35 bits per heavy atom. The highest BCUT2D eigenvalue weighted by molar-refractivity contribution is 5.28. The SMILES string of the molecule is CCCNC(c1cc(F)cc(F)c1)c1ccc(CC)o1. The number of nitrogens with one attached hydrogen (secondary N) is 1. The van der Waals surface area contributed by atoms with E-state index in [0.29, 0.717) is 11.3 Å². The number of furan rings is 1. The lowest BCUT2D eigenvalue weighted by Gasteiger charge is -2.17. The minimum Gasteiger partial charge on any atom is -0.464 e. The molecule has 2 rings (SSSR count). The molecule has 0 amide bonds. The van der Waals surface area contributed by atoms with E-state index in [4.69, 9.17) is 4.42 Å². The summed E-state index contributed by atoms with van der Waals surface area (Å²) in [5.41, 5.74) is 0.535. The number of hydrogen-bond acceptors (Lipinski definition) is 2. The number of benzene rings is 1. The van der Waals surface area contributed by atoms with E-state index < -0.39 is 11.6 Å². The van der Waals surface area contributed by atoms with Crippen molar-refractivity contribution < 1.29 is 13.2 Å². The molecule has 0 saturated carbocycles. The van der Waals surface area contributed by atoms with E-state index in [2.05, 4.69) is 5.32 Å². The third kappa shape index (κ3) is 3.45. The average molecular weight is 279 g/mol. The summed E-state index contributed by atoms with van der Waals surface area (Å²) >= 11 is 0. The highest BCUT2D eigenvalue weighted by Gasteiger charge is 2.18. The van der Waals surface area contributed by atoms with E-state index in [9.17, 15) is 8.78 Å². The summed E-state index contributed by atoms with van der Waals surface area (Å²) in [6.07, 6.45) is 1.72. The summed E-state index contributed by atoms with van der Waals surface area (Å²) in [7, 11) is 0. The first kappa shape index (κ1) is 14.7. The Bertz CT molecular complexity index is 545. The Kier molecular flexibility index (Phi) is 4.90. The quantitative estimate of drug-likeness (QED) is 0.857. The van der Waals surface area contributed by atoms with Gasteiger partial charge in [0.05, 0.1) is 6.04 Å². The van der Waals surface area contributed by atoms with Crippen molar-refractivity contribution in [3.8, 4) is 0 Å². The highest BCUT2D eigenvalue weighted by Crippen LogP contribution is 2.25. The zero-order chi connectivity index (χ0) is 14.5. The van der Waals surface area contributed by atoms with Crippen LogP contribution in [0.4, 0.5) is 8.78 Å². The Morgan fingerprint density at radius 1 is 1.10 bits per heavy atom. The lowest BCUT2D eigenvalue weighted by Crippen LogP contribution is -2.23. The fourth-order valence-electron chi connectivity index (χ4n) is 2.15. The van der Waals surface area contributed by atoms with Gasteiger partial charge in [-0.2, -0.15) is 0 Å². The van der Waals surface area contributed by atoms with Gasteiger partial charge < -0.3 is 9.73 Å². The molecule has 0 radical (unpaired) electrons. The number of hydrogen-bond donors (Lipinski definition) is 1. The van der Waals surface area contributed by atoms with Crippen molar-refractivity contribution >= 4 is 0 Å². The van der Waals surface area contributed by atoms with Crippen LogP contribution in [0.2, 0.25) is 0 Å². The smallest absolute Gasteiger partial charge is 0.126 e. The van der Waals surface area contributed by atoms with Gasteiger partial charge in [-0.1, -0.05) is 13.8 Å². The van der Waals surface area contributed by atoms with Crippen molar-refractivity contribution in [1.82, 2.24) is 5.32 Å². The molecule has 20 heavy (non-hydrogen) atoms. The van der Waals surface area contributed by atoms with Crippen LogP contribution in [0.25, 0.3) is 0 Å². The largest absolute Gasteiger partial charge is 0.464 e. The van der Waals surface area contributed by atoms with Crippen LogP contribution in [0.1, 0.15) is 43.4 Å².